The van der Waals surface area contributed by atoms with Crippen molar-refractivity contribution in [2.75, 3.05) is 19.6 Å². The molecule has 3 rings (SSSR count). The number of fused-ring (bicyclic) bond motifs is 1. The van der Waals surface area contributed by atoms with Crippen LogP contribution in [0, 0.1) is 5.92 Å². The number of phenolic OH excluding ortho intramolecular Hbond substituents is 1. The van der Waals surface area contributed by atoms with Crippen molar-refractivity contribution in [2.24, 2.45) is 10.9 Å². The van der Waals surface area contributed by atoms with Gasteiger partial charge in [-0.25, -0.2) is 0 Å². The second-order valence-electron chi connectivity index (χ2n) is 6.25. The van der Waals surface area contributed by atoms with E-state index >= 15 is 0 Å². The van der Waals surface area contributed by atoms with Crippen LogP contribution in [-0.4, -0.2) is 37.0 Å². The fourth-order valence-electron chi connectivity index (χ4n) is 3.85. The van der Waals surface area contributed by atoms with Crippen LogP contribution in [0.3, 0.4) is 0 Å². The van der Waals surface area contributed by atoms with Gasteiger partial charge in [-0.3, -0.25) is 4.99 Å². The maximum Gasteiger partial charge on any atom is 0.115 e. The van der Waals surface area contributed by atoms with Crippen molar-refractivity contribution in [1.82, 2.24) is 0 Å². The van der Waals surface area contributed by atoms with Crippen LogP contribution in [0.4, 0.5) is 0 Å². The molecule has 0 amide bonds. The molecule has 0 aliphatic carbocycles. The van der Waals surface area contributed by atoms with Crippen molar-refractivity contribution in [3.63, 3.8) is 0 Å². The highest BCUT2D eigenvalue weighted by Crippen LogP contribution is 2.20. The number of quaternary nitrogens is 1. The van der Waals surface area contributed by atoms with Crippen LogP contribution >= 0.6 is 0 Å². The smallest absolute Gasteiger partial charge is 0.115 e. The van der Waals surface area contributed by atoms with Crippen LogP contribution in [-0.2, 0) is 0 Å². The van der Waals surface area contributed by atoms with Gasteiger partial charge < -0.3 is 10.0 Å². The van der Waals surface area contributed by atoms with Gasteiger partial charge in [0.15, 0.2) is 0 Å². The Hall–Kier alpha value is -1.35. The van der Waals surface area contributed by atoms with Gasteiger partial charge in [0.1, 0.15) is 5.75 Å². The second-order valence-corrected chi connectivity index (χ2v) is 6.25. The number of nitrogens with one attached hydrogen (secondary N) is 1. The Morgan fingerprint density at radius 3 is 2.75 bits per heavy atom. The first kappa shape index (κ1) is 13.6. The summed E-state index contributed by atoms with van der Waals surface area (Å²) in [5.41, 5.74) is 1.08. The van der Waals surface area contributed by atoms with Crippen LogP contribution in [0.5, 0.6) is 5.75 Å². The molecule has 0 radical (unpaired) electrons. The average molecular weight is 273 g/mol. The molecule has 2 saturated heterocycles. The number of hydrogen-bond acceptors (Lipinski definition) is 2. The van der Waals surface area contributed by atoms with Gasteiger partial charge in [0.2, 0.25) is 0 Å². The highest BCUT2D eigenvalue weighted by Gasteiger charge is 2.35. The van der Waals surface area contributed by atoms with Crippen LogP contribution in [0.25, 0.3) is 0 Å². The molecule has 2 heterocycles. The van der Waals surface area contributed by atoms with Gasteiger partial charge >= 0.3 is 0 Å². The lowest BCUT2D eigenvalue weighted by Gasteiger charge is -2.40. The Morgan fingerprint density at radius 1 is 1.10 bits per heavy atom. The first-order valence-corrected chi connectivity index (χ1v) is 7.96. The Morgan fingerprint density at radius 2 is 1.90 bits per heavy atom. The summed E-state index contributed by atoms with van der Waals surface area (Å²) in [6.45, 7) is 3.72. The highest BCUT2D eigenvalue weighted by atomic mass is 16.3. The molecule has 1 aromatic carbocycles. The predicted molar refractivity (Wildman–Crippen MR) is 81.6 cm³/mol. The Bertz CT molecular complexity index is 453. The summed E-state index contributed by atoms with van der Waals surface area (Å²) in [6.07, 6.45) is 8.89. The van der Waals surface area contributed by atoms with E-state index < -0.39 is 0 Å². The molecule has 0 bridgehead atoms. The number of rotatable bonds is 3. The molecular weight excluding hydrogens is 248 g/mol. The molecule has 20 heavy (non-hydrogen) atoms. The zero-order valence-electron chi connectivity index (χ0n) is 12.1. The molecular formula is C17H25N2O+. The molecule has 0 aromatic heterocycles. The minimum absolute atomic E-state index is 0.316. The molecule has 1 aromatic rings. The average Bonchev–Trinajstić information content (AvgIpc) is 2.49. The highest BCUT2D eigenvalue weighted by molar-refractivity contribution is 5.79. The van der Waals surface area contributed by atoms with E-state index in [0.29, 0.717) is 5.75 Å². The van der Waals surface area contributed by atoms with Crippen molar-refractivity contribution >= 4 is 6.21 Å². The lowest BCUT2D eigenvalue weighted by atomic mass is 9.83. The summed E-state index contributed by atoms with van der Waals surface area (Å²) in [6, 6.07) is 8.12. The largest absolute Gasteiger partial charge is 0.508 e. The van der Waals surface area contributed by atoms with Gasteiger partial charge in [0.05, 0.1) is 19.1 Å². The Balaban J connectivity index is 1.58. The molecule has 0 spiro atoms. The van der Waals surface area contributed by atoms with E-state index in [1.165, 1.54) is 45.2 Å². The monoisotopic (exact) mass is 273 g/mol. The maximum absolute atomic E-state index is 9.27. The van der Waals surface area contributed by atoms with Gasteiger partial charge in [-0.15, -0.1) is 0 Å². The van der Waals surface area contributed by atoms with Gasteiger partial charge in [-0.2, -0.15) is 0 Å². The Kier molecular flexibility index (Phi) is 4.36. The summed E-state index contributed by atoms with van der Waals surface area (Å²) in [4.78, 5) is 6.51. The topological polar surface area (TPSA) is 37.0 Å². The van der Waals surface area contributed by atoms with E-state index in [1.807, 2.05) is 23.2 Å². The van der Waals surface area contributed by atoms with Crippen LogP contribution < -0.4 is 4.90 Å². The van der Waals surface area contributed by atoms with E-state index in [9.17, 15) is 5.11 Å². The molecule has 2 aliphatic heterocycles. The van der Waals surface area contributed by atoms with Crippen molar-refractivity contribution in [3.8, 4) is 5.75 Å². The second kappa shape index (κ2) is 6.40. The molecule has 3 atom stereocenters. The molecule has 3 heteroatoms. The number of benzene rings is 1. The molecule has 0 saturated carbocycles. The normalized spacial score (nSPS) is 30.3. The number of nitrogens with zero attached hydrogens (tertiary/aromatic N) is 1. The van der Waals surface area contributed by atoms with Crippen LogP contribution in [0.2, 0.25) is 0 Å². The summed E-state index contributed by atoms with van der Waals surface area (Å²) in [5, 5.41) is 9.27. The molecule has 1 unspecified atom stereocenters. The van der Waals surface area contributed by atoms with Gasteiger partial charge in [-0.1, -0.05) is 0 Å². The van der Waals surface area contributed by atoms with Crippen LogP contribution in [0.15, 0.2) is 29.3 Å². The van der Waals surface area contributed by atoms with E-state index in [2.05, 4.69) is 4.99 Å². The zero-order valence-corrected chi connectivity index (χ0v) is 12.1. The molecule has 3 nitrogen and oxygen atoms in total. The van der Waals surface area contributed by atoms with Gasteiger partial charge in [-0.05, 0) is 61.9 Å². The summed E-state index contributed by atoms with van der Waals surface area (Å²) >= 11 is 0. The van der Waals surface area contributed by atoms with Crippen LogP contribution in [0.1, 0.15) is 37.7 Å². The minimum Gasteiger partial charge on any atom is -0.508 e. The van der Waals surface area contributed by atoms with Gasteiger partial charge in [0.25, 0.3) is 0 Å². The lowest BCUT2D eigenvalue weighted by molar-refractivity contribution is -0.939. The number of aliphatic imine (C=N–C) groups is 1. The third-order valence-electron chi connectivity index (χ3n) is 4.90. The van der Waals surface area contributed by atoms with Crippen molar-refractivity contribution in [3.05, 3.63) is 29.8 Å². The molecule has 2 aliphatic rings. The minimum atomic E-state index is 0.316. The molecule has 2 N–H and O–H groups in total. The number of phenols is 1. The predicted octanol–water partition coefficient (Wildman–Crippen LogP) is 1.66. The lowest BCUT2D eigenvalue weighted by Crippen LogP contribution is -3.18. The first-order valence-electron chi connectivity index (χ1n) is 7.96. The van der Waals surface area contributed by atoms with E-state index in [1.54, 1.807) is 12.1 Å². The third kappa shape index (κ3) is 3.21. The standard InChI is InChI=1S/C17H24N2O/c20-16-8-6-14(7-9-16)12-18-13-15-4-3-11-19-10-2-1-5-17(15)19/h6-9,12,15,17,20H,1-5,10-11,13H2/p+1/t15-,17-/m1/s1. The summed E-state index contributed by atoms with van der Waals surface area (Å²) < 4.78 is 0. The van der Waals surface area contributed by atoms with Crippen molar-refractivity contribution in [2.45, 2.75) is 38.1 Å². The number of aromatic hydroxyl groups is 1. The quantitative estimate of drug-likeness (QED) is 0.808. The van der Waals surface area contributed by atoms with Crippen molar-refractivity contribution in [1.29, 1.82) is 0 Å². The molecule has 2 fully saturated rings. The maximum atomic E-state index is 9.27. The summed E-state index contributed by atoms with van der Waals surface area (Å²) in [7, 11) is 0. The van der Waals surface area contributed by atoms with Gasteiger partial charge in [0, 0.05) is 18.7 Å². The zero-order chi connectivity index (χ0) is 13.8. The van der Waals surface area contributed by atoms with E-state index in [4.69, 9.17) is 0 Å². The SMILES string of the molecule is Oc1ccc(C=NC[C@H]2CCC[NH+]3CCCC[C@H]23)cc1. The number of piperidine rings is 2. The fourth-order valence-corrected chi connectivity index (χ4v) is 3.85. The Labute approximate surface area is 121 Å². The van der Waals surface area contributed by atoms with Crippen molar-refractivity contribution < 1.29 is 10.0 Å². The fraction of sp³-hybridized carbons (Fsp3) is 0.588. The van der Waals surface area contributed by atoms with E-state index in [-0.39, 0.29) is 0 Å². The first-order chi connectivity index (χ1) is 9.83. The molecule has 108 valence electrons. The third-order valence-corrected chi connectivity index (χ3v) is 4.90. The number of hydrogen-bond donors (Lipinski definition) is 2. The summed E-state index contributed by atoms with van der Waals surface area (Å²) in [5.74, 6) is 1.09. The van der Waals surface area contributed by atoms with E-state index in [0.717, 1.165) is 24.1 Å².